The highest BCUT2D eigenvalue weighted by atomic mass is 16.5. The lowest BCUT2D eigenvalue weighted by Crippen LogP contribution is -2.08. The van der Waals surface area contributed by atoms with Crippen LogP contribution in [0.2, 0.25) is 0 Å². The van der Waals surface area contributed by atoms with E-state index in [4.69, 9.17) is 11.3 Å². The van der Waals surface area contributed by atoms with Crippen LogP contribution in [-0.2, 0) is 6.42 Å². The molecule has 0 aliphatic carbocycles. The summed E-state index contributed by atoms with van der Waals surface area (Å²) in [5.41, 5.74) is 2.32. The van der Waals surface area contributed by atoms with E-state index >= 15 is 0 Å². The summed E-state index contributed by atoms with van der Waals surface area (Å²) in [6.45, 7) is 9.13. The van der Waals surface area contributed by atoms with Crippen molar-refractivity contribution < 1.29 is 9.53 Å². The van der Waals surface area contributed by atoms with Gasteiger partial charge in [-0.3, -0.25) is 0 Å². The first-order valence-electron chi connectivity index (χ1n) is 8.51. The molecule has 3 nitrogen and oxygen atoms in total. The quantitative estimate of drug-likeness (QED) is 0.259. The molecule has 124 valence electrons. The van der Waals surface area contributed by atoms with Crippen molar-refractivity contribution in [1.29, 1.82) is 0 Å². The van der Waals surface area contributed by atoms with Gasteiger partial charge in [0.05, 0.1) is 12.1 Å². The Balaban J connectivity index is 1.85. The standard InChI is InChI=1S/C21H23NO2/c1-3-4-5-6-7-8-17-9-11-18(12-10-17)21(23)24-20-15-13-19(22-2)14-16-20/h9-16H,3-8H2,1H3. The number of ether oxygens (including phenoxy) is 1. The number of hydrogen-bond acceptors (Lipinski definition) is 2. The maximum Gasteiger partial charge on any atom is 0.343 e. The Morgan fingerprint density at radius 1 is 0.958 bits per heavy atom. The molecule has 3 heteroatoms. The molecule has 0 radical (unpaired) electrons. The molecule has 0 heterocycles. The van der Waals surface area contributed by atoms with E-state index < -0.39 is 0 Å². The van der Waals surface area contributed by atoms with Gasteiger partial charge in [0.25, 0.3) is 0 Å². The van der Waals surface area contributed by atoms with Gasteiger partial charge >= 0.3 is 5.97 Å². The molecule has 24 heavy (non-hydrogen) atoms. The minimum Gasteiger partial charge on any atom is -0.423 e. The monoisotopic (exact) mass is 321 g/mol. The van der Waals surface area contributed by atoms with Gasteiger partial charge in [0.15, 0.2) is 5.69 Å². The molecule has 0 aliphatic rings. The van der Waals surface area contributed by atoms with Crippen LogP contribution in [0.1, 0.15) is 54.9 Å². The van der Waals surface area contributed by atoms with Gasteiger partial charge in [-0.2, -0.15) is 0 Å². The molecule has 0 unspecified atom stereocenters. The number of benzene rings is 2. The molecular weight excluding hydrogens is 298 g/mol. The first kappa shape index (κ1) is 17.7. The third-order valence-corrected chi connectivity index (χ3v) is 3.94. The molecule has 0 saturated heterocycles. The van der Waals surface area contributed by atoms with Crippen molar-refractivity contribution in [2.24, 2.45) is 0 Å². The van der Waals surface area contributed by atoms with Crippen LogP contribution in [0.5, 0.6) is 5.75 Å². The van der Waals surface area contributed by atoms with E-state index in [0.717, 1.165) is 6.42 Å². The molecule has 2 aromatic carbocycles. The van der Waals surface area contributed by atoms with Gasteiger partial charge in [0.2, 0.25) is 0 Å². The van der Waals surface area contributed by atoms with Gasteiger partial charge in [0.1, 0.15) is 5.75 Å². The number of carbonyl (C=O) groups excluding carboxylic acids is 1. The zero-order valence-electron chi connectivity index (χ0n) is 14.1. The Bertz CT molecular complexity index is 681. The first-order valence-corrected chi connectivity index (χ1v) is 8.51. The van der Waals surface area contributed by atoms with Gasteiger partial charge in [-0.15, -0.1) is 0 Å². The fourth-order valence-corrected chi connectivity index (χ4v) is 2.49. The molecule has 0 bridgehead atoms. The Morgan fingerprint density at radius 2 is 1.62 bits per heavy atom. The second-order valence-electron chi connectivity index (χ2n) is 5.86. The SMILES string of the molecule is [C-]#[N+]c1ccc(OC(=O)c2ccc(CCCCCCC)cc2)cc1. The molecule has 0 amide bonds. The van der Waals surface area contributed by atoms with Crippen LogP contribution in [0.3, 0.4) is 0 Å². The molecule has 2 rings (SSSR count). The van der Waals surface area contributed by atoms with Crippen LogP contribution in [0.4, 0.5) is 5.69 Å². The van der Waals surface area contributed by atoms with Crippen molar-refractivity contribution in [3.8, 4) is 5.75 Å². The lowest BCUT2D eigenvalue weighted by molar-refractivity contribution is 0.0735. The van der Waals surface area contributed by atoms with E-state index in [1.807, 2.05) is 24.3 Å². The van der Waals surface area contributed by atoms with E-state index in [2.05, 4.69) is 11.8 Å². The predicted octanol–water partition coefficient (Wildman–Crippen LogP) is 5.97. The molecule has 0 atom stereocenters. The van der Waals surface area contributed by atoms with E-state index in [1.54, 1.807) is 24.3 Å². The van der Waals surface area contributed by atoms with Crippen LogP contribution in [0, 0.1) is 6.57 Å². The highest BCUT2D eigenvalue weighted by Crippen LogP contribution is 2.19. The summed E-state index contributed by atoms with van der Waals surface area (Å²) >= 11 is 0. The highest BCUT2D eigenvalue weighted by molar-refractivity contribution is 5.91. The number of unbranched alkanes of at least 4 members (excludes halogenated alkanes) is 4. The Kier molecular flexibility index (Phi) is 7.04. The molecule has 0 saturated carbocycles. The van der Waals surface area contributed by atoms with Gasteiger partial charge in [0, 0.05) is 0 Å². The summed E-state index contributed by atoms with van der Waals surface area (Å²) in [5.74, 6) is 0.0764. The van der Waals surface area contributed by atoms with Crippen molar-refractivity contribution in [2.45, 2.75) is 45.4 Å². The maximum atomic E-state index is 12.1. The number of esters is 1. The summed E-state index contributed by atoms with van der Waals surface area (Å²) < 4.78 is 5.32. The number of hydrogen-bond donors (Lipinski definition) is 0. The molecule has 0 fully saturated rings. The zero-order chi connectivity index (χ0) is 17.2. The third-order valence-electron chi connectivity index (χ3n) is 3.94. The number of carbonyl (C=O) groups is 1. The molecule has 0 N–H and O–H groups in total. The Morgan fingerprint density at radius 3 is 2.25 bits per heavy atom. The Labute approximate surface area is 144 Å². The minimum absolute atomic E-state index is 0.375. The highest BCUT2D eigenvalue weighted by Gasteiger charge is 2.08. The van der Waals surface area contributed by atoms with Crippen LogP contribution in [-0.4, -0.2) is 5.97 Å². The second kappa shape index (κ2) is 9.52. The molecule has 0 spiro atoms. The second-order valence-corrected chi connectivity index (χ2v) is 5.86. The summed E-state index contributed by atoms with van der Waals surface area (Å²) in [6.07, 6.45) is 7.37. The number of aryl methyl sites for hydroxylation is 1. The summed E-state index contributed by atoms with van der Waals surface area (Å²) in [7, 11) is 0. The summed E-state index contributed by atoms with van der Waals surface area (Å²) in [4.78, 5) is 15.4. The number of nitrogens with zero attached hydrogens (tertiary/aromatic N) is 1. The van der Waals surface area contributed by atoms with Crippen molar-refractivity contribution in [3.05, 3.63) is 71.1 Å². The predicted molar refractivity (Wildman–Crippen MR) is 96.6 cm³/mol. The van der Waals surface area contributed by atoms with Crippen LogP contribution < -0.4 is 4.74 Å². The molecule has 0 aliphatic heterocycles. The molecule has 2 aromatic rings. The van der Waals surface area contributed by atoms with Crippen LogP contribution in [0.25, 0.3) is 4.85 Å². The fourth-order valence-electron chi connectivity index (χ4n) is 2.49. The largest absolute Gasteiger partial charge is 0.423 e. The fraction of sp³-hybridized carbons (Fsp3) is 0.333. The van der Waals surface area contributed by atoms with Crippen molar-refractivity contribution in [1.82, 2.24) is 0 Å². The van der Waals surface area contributed by atoms with Crippen molar-refractivity contribution in [3.63, 3.8) is 0 Å². The lowest BCUT2D eigenvalue weighted by atomic mass is 10.0. The zero-order valence-corrected chi connectivity index (χ0v) is 14.1. The minimum atomic E-state index is -0.375. The van der Waals surface area contributed by atoms with Crippen LogP contribution in [0.15, 0.2) is 48.5 Å². The normalized spacial score (nSPS) is 10.2. The average molecular weight is 321 g/mol. The van der Waals surface area contributed by atoms with Crippen molar-refractivity contribution >= 4 is 11.7 Å². The lowest BCUT2D eigenvalue weighted by Gasteiger charge is -2.06. The van der Waals surface area contributed by atoms with E-state index in [1.165, 1.54) is 37.7 Å². The third kappa shape index (κ3) is 5.55. The van der Waals surface area contributed by atoms with E-state index in [-0.39, 0.29) is 5.97 Å². The Hall–Kier alpha value is -2.60. The van der Waals surface area contributed by atoms with Gasteiger partial charge < -0.3 is 4.74 Å². The molecule has 0 aromatic heterocycles. The number of rotatable bonds is 8. The summed E-state index contributed by atoms with van der Waals surface area (Å²) in [5, 5.41) is 0. The van der Waals surface area contributed by atoms with Crippen LogP contribution >= 0.6 is 0 Å². The molecular formula is C21H23NO2. The van der Waals surface area contributed by atoms with E-state index in [0.29, 0.717) is 17.0 Å². The van der Waals surface area contributed by atoms with Crippen molar-refractivity contribution in [2.75, 3.05) is 0 Å². The van der Waals surface area contributed by atoms with Gasteiger partial charge in [-0.1, -0.05) is 56.9 Å². The van der Waals surface area contributed by atoms with Gasteiger partial charge in [-0.05, 0) is 42.7 Å². The first-order chi connectivity index (χ1) is 11.7. The smallest absolute Gasteiger partial charge is 0.343 e. The van der Waals surface area contributed by atoms with E-state index in [9.17, 15) is 4.79 Å². The topological polar surface area (TPSA) is 30.7 Å². The summed E-state index contributed by atoms with van der Waals surface area (Å²) in [6, 6.07) is 14.2. The van der Waals surface area contributed by atoms with Gasteiger partial charge in [-0.25, -0.2) is 9.64 Å². The maximum absolute atomic E-state index is 12.1. The average Bonchev–Trinajstić information content (AvgIpc) is 2.62.